The summed E-state index contributed by atoms with van der Waals surface area (Å²) in [6, 6.07) is 0. The molecule has 2 aliphatic heterocycles. The predicted octanol–water partition coefficient (Wildman–Crippen LogP) is 1.17. The molecular formula is C15H23N5O5. The van der Waals surface area contributed by atoms with Gasteiger partial charge in [0.05, 0.1) is 30.3 Å². The summed E-state index contributed by atoms with van der Waals surface area (Å²) in [6.07, 6.45) is 1.62. The molecule has 2 saturated heterocycles. The number of morpholine rings is 1. The Labute approximate surface area is 145 Å². The van der Waals surface area contributed by atoms with E-state index in [0.29, 0.717) is 45.1 Å². The molecule has 1 aromatic heterocycles. The lowest BCUT2D eigenvalue weighted by atomic mass is 10.2. The van der Waals surface area contributed by atoms with Crippen LogP contribution < -0.4 is 10.2 Å². The molecule has 3 rings (SSSR count). The quantitative estimate of drug-likeness (QED) is 0.595. The summed E-state index contributed by atoms with van der Waals surface area (Å²) in [5.74, 6) is 0.526. The van der Waals surface area contributed by atoms with Gasteiger partial charge in [-0.25, -0.2) is 9.97 Å². The lowest BCUT2D eigenvalue weighted by Gasteiger charge is -2.35. The largest absolute Gasteiger partial charge is 0.372 e. The molecule has 1 aromatic rings. The zero-order valence-corrected chi connectivity index (χ0v) is 14.4. The minimum Gasteiger partial charge on any atom is -0.372 e. The molecule has 0 aliphatic carbocycles. The Morgan fingerprint density at radius 3 is 2.60 bits per heavy atom. The van der Waals surface area contributed by atoms with E-state index in [9.17, 15) is 10.1 Å². The standard InChI is InChI=1S/C15H23N5O5/c1-10-7-19(8-11(2)25-10)15-13(20(21)22)14(17-9-18-15)16-4-3-12-23-5-6-24-12/h9-12H,3-8H2,1-2H3,(H,16,17,18). The van der Waals surface area contributed by atoms with Crippen LogP contribution in [-0.2, 0) is 14.2 Å². The van der Waals surface area contributed by atoms with Crippen LogP contribution in [0, 0.1) is 10.1 Å². The number of nitrogens with zero attached hydrogens (tertiary/aromatic N) is 4. The van der Waals surface area contributed by atoms with Gasteiger partial charge in [0, 0.05) is 26.1 Å². The van der Waals surface area contributed by atoms with E-state index < -0.39 is 4.92 Å². The Balaban J connectivity index is 1.75. The first kappa shape index (κ1) is 17.8. The van der Waals surface area contributed by atoms with E-state index in [1.54, 1.807) is 0 Å². The molecule has 138 valence electrons. The molecule has 25 heavy (non-hydrogen) atoms. The Bertz CT molecular complexity index is 600. The van der Waals surface area contributed by atoms with E-state index in [0.717, 1.165) is 0 Å². The summed E-state index contributed by atoms with van der Waals surface area (Å²) in [6.45, 7) is 6.59. The minimum absolute atomic E-state index is 0.0219. The van der Waals surface area contributed by atoms with Crippen LogP contribution in [0.2, 0.25) is 0 Å². The number of rotatable bonds is 6. The fraction of sp³-hybridized carbons (Fsp3) is 0.733. The number of anilines is 2. The smallest absolute Gasteiger partial charge is 0.353 e. The van der Waals surface area contributed by atoms with Crippen molar-refractivity contribution in [3.05, 3.63) is 16.4 Å². The second-order valence-corrected chi connectivity index (χ2v) is 6.20. The summed E-state index contributed by atoms with van der Waals surface area (Å²) in [4.78, 5) is 21.3. The van der Waals surface area contributed by atoms with Crippen LogP contribution in [-0.4, -0.2) is 66.2 Å². The maximum Gasteiger partial charge on any atom is 0.353 e. The number of aromatic nitrogens is 2. The highest BCUT2D eigenvalue weighted by molar-refractivity contribution is 5.70. The van der Waals surface area contributed by atoms with Gasteiger partial charge < -0.3 is 24.4 Å². The van der Waals surface area contributed by atoms with Crippen LogP contribution in [0.5, 0.6) is 0 Å². The van der Waals surface area contributed by atoms with Crippen molar-refractivity contribution >= 4 is 17.3 Å². The molecule has 2 aliphatic rings. The van der Waals surface area contributed by atoms with E-state index in [2.05, 4.69) is 15.3 Å². The predicted molar refractivity (Wildman–Crippen MR) is 89.7 cm³/mol. The number of ether oxygens (including phenoxy) is 3. The number of hydrogen-bond donors (Lipinski definition) is 1. The molecule has 0 aromatic carbocycles. The van der Waals surface area contributed by atoms with E-state index in [1.165, 1.54) is 6.33 Å². The van der Waals surface area contributed by atoms with Crippen molar-refractivity contribution in [2.75, 3.05) is 43.1 Å². The molecule has 0 amide bonds. The first-order valence-electron chi connectivity index (χ1n) is 8.41. The fourth-order valence-corrected chi connectivity index (χ4v) is 3.13. The molecule has 10 nitrogen and oxygen atoms in total. The molecule has 10 heteroatoms. The molecule has 2 fully saturated rings. The van der Waals surface area contributed by atoms with Gasteiger partial charge in [0.2, 0.25) is 11.6 Å². The summed E-state index contributed by atoms with van der Waals surface area (Å²) in [7, 11) is 0. The van der Waals surface area contributed by atoms with Crippen LogP contribution in [0.3, 0.4) is 0 Å². The summed E-state index contributed by atoms with van der Waals surface area (Å²) in [5.41, 5.74) is -0.114. The van der Waals surface area contributed by atoms with E-state index in [1.807, 2.05) is 18.7 Å². The molecule has 2 unspecified atom stereocenters. The molecule has 0 spiro atoms. The van der Waals surface area contributed by atoms with Gasteiger partial charge in [0.15, 0.2) is 6.29 Å². The Morgan fingerprint density at radius 2 is 1.96 bits per heavy atom. The van der Waals surface area contributed by atoms with Gasteiger partial charge in [-0.2, -0.15) is 0 Å². The lowest BCUT2D eigenvalue weighted by molar-refractivity contribution is -0.383. The van der Waals surface area contributed by atoms with Gasteiger partial charge in [0.25, 0.3) is 0 Å². The first-order chi connectivity index (χ1) is 12.0. The van der Waals surface area contributed by atoms with Crippen molar-refractivity contribution in [2.45, 2.75) is 38.8 Å². The average molecular weight is 353 g/mol. The normalized spacial score (nSPS) is 24.5. The monoisotopic (exact) mass is 353 g/mol. The zero-order chi connectivity index (χ0) is 17.8. The SMILES string of the molecule is CC1CN(c2ncnc(NCCC3OCCO3)c2[N+](=O)[O-])CC(C)O1. The maximum atomic E-state index is 11.6. The van der Waals surface area contributed by atoms with Crippen LogP contribution in [0.4, 0.5) is 17.3 Å². The second kappa shape index (κ2) is 7.89. The molecule has 0 radical (unpaired) electrons. The van der Waals surface area contributed by atoms with Crippen molar-refractivity contribution in [1.29, 1.82) is 0 Å². The van der Waals surface area contributed by atoms with Crippen LogP contribution in [0.1, 0.15) is 20.3 Å². The third-order valence-corrected chi connectivity index (χ3v) is 4.07. The van der Waals surface area contributed by atoms with Gasteiger partial charge in [-0.1, -0.05) is 0 Å². The number of nitrogens with one attached hydrogen (secondary N) is 1. The minimum atomic E-state index is -0.439. The highest BCUT2D eigenvalue weighted by Crippen LogP contribution is 2.33. The highest BCUT2D eigenvalue weighted by atomic mass is 16.7. The van der Waals surface area contributed by atoms with Gasteiger partial charge in [-0.3, -0.25) is 10.1 Å². The van der Waals surface area contributed by atoms with Crippen molar-refractivity contribution in [3.8, 4) is 0 Å². The van der Waals surface area contributed by atoms with Crippen molar-refractivity contribution < 1.29 is 19.1 Å². The van der Waals surface area contributed by atoms with Gasteiger partial charge in [-0.05, 0) is 13.8 Å². The fourth-order valence-electron chi connectivity index (χ4n) is 3.13. The summed E-state index contributed by atoms with van der Waals surface area (Å²) >= 11 is 0. The third kappa shape index (κ3) is 4.33. The van der Waals surface area contributed by atoms with Gasteiger partial charge >= 0.3 is 5.69 Å². The van der Waals surface area contributed by atoms with Crippen LogP contribution in [0.15, 0.2) is 6.33 Å². The van der Waals surface area contributed by atoms with Crippen LogP contribution in [0.25, 0.3) is 0 Å². The Morgan fingerprint density at radius 1 is 1.28 bits per heavy atom. The average Bonchev–Trinajstić information content (AvgIpc) is 3.07. The number of hydrogen-bond acceptors (Lipinski definition) is 9. The van der Waals surface area contributed by atoms with Crippen molar-refractivity contribution in [2.24, 2.45) is 0 Å². The lowest BCUT2D eigenvalue weighted by Crippen LogP contribution is -2.46. The van der Waals surface area contributed by atoms with Gasteiger partial charge in [0.1, 0.15) is 6.33 Å². The highest BCUT2D eigenvalue weighted by Gasteiger charge is 2.31. The topological polar surface area (TPSA) is 112 Å². The van der Waals surface area contributed by atoms with E-state index >= 15 is 0 Å². The van der Waals surface area contributed by atoms with Gasteiger partial charge in [-0.15, -0.1) is 0 Å². The molecule has 0 bridgehead atoms. The first-order valence-corrected chi connectivity index (χ1v) is 8.41. The van der Waals surface area contributed by atoms with Crippen molar-refractivity contribution in [3.63, 3.8) is 0 Å². The summed E-state index contributed by atoms with van der Waals surface area (Å²) in [5, 5.41) is 14.7. The zero-order valence-electron chi connectivity index (χ0n) is 14.4. The van der Waals surface area contributed by atoms with E-state index in [-0.39, 0.29) is 30.0 Å². The molecular weight excluding hydrogens is 330 g/mol. The summed E-state index contributed by atoms with van der Waals surface area (Å²) < 4.78 is 16.4. The van der Waals surface area contributed by atoms with Crippen molar-refractivity contribution in [1.82, 2.24) is 9.97 Å². The third-order valence-electron chi connectivity index (χ3n) is 4.07. The van der Waals surface area contributed by atoms with Crippen LogP contribution >= 0.6 is 0 Å². The molecule has 2 atom stereocenters. The number of nitro groups is 1. The Kier molecular flexibility index (Phi) is 5.61. The van der Waals surface area contributed by atoms with E-state index in [4.69, 9.17) is 14.2 Å². The molecule has 0 saturated carbocycles. The molecule has 3 heterocycles. The molecule has 1 N–H and O–H groups in total. The second-order valence-electron chi connectivity index (χ2n) is 6.20. The Hall–Kier alpha value is -2.04. The maximum absolute atomic E-state index is 11.6.